The summed E-state index contributed by atoms with van der Waals surface area (Å²) in [7, 11) is 1.44. The SMILES string of the molecule is CON=Cc1c(N)ncnc1Oc1cccc2cnccc12. The Morgan fingerprint density at radius 1 is 1.23 bits per heavy atom. The molecule has 0 atom stereocenters. The van der Waals surface area contributed by atoms with Crippen molar-refractivity contribution >= 4 is 22.8 Å². The van der Waals surface area contributed by atoms with E-state index in [0.717, 1.165) is 10.8 Å². The van der Waals surface area contributed by atoms with Gasteiger partial charge in [-0.3, -0.25) is 4.98 Å². The Balaban J connectivity index is 2.06. The van der Waals surface area contributed by atoms with Crippen LogP contribution in [0.4, 0.5) is 5.82 Å². The summed E-state index contributed by atoms with van der Waals surface area (Å²) in [6, 6.07) is 7.56. The first-order chi connectivity index (χ1) is 10.8. The van der Waals surface area contributed by atoms with Crippen LogP contribution in [0.5, 0.6) is 11.6 Å². The van der Waals surface area contributed by atoms with E-state index in [0.29, 0.717) is 17.2 Å². The zero-order chi connectivity index (χ0) is 15.4. The standard InChI is InChI=1S/C15H13N5O2/c1-21-20-8-12-14(16)18-9-19-15(12)22-13-4-2-3-10-7-17-6-5-11(10)13/h2-9H,1H3,(H2,16,18,19). The van der Waals surface area contributed by atoms with E-state index >= 15 is 0 Å². The number of fused-ring (bicyclic) bond motifs is 1. The minimum atomic E-state index is 0.257. The van der Waals surface area contributed by atoms with Crippen molar-refractivity contribution in [1.29, 1.82) is 0 Å². The molecule has 7 heteroatoms. The number of benzene rings is 1. The first-order valence-corrected chi connectivity index (χ1v) is 6.47. The lowest BCUT2D eigenvalue weighted by Gasteiger charge is -2.10. The molecule has 110 valence electrons. The molecule has 0 radical (unpaired) electrons. The third kappa shape index (κ3) is 2.64. The maximum atomic E-state index is 5.89. The third-order valence-corrected chi connectivity index (χ3v) is 3.01. The van der Waals surface area contributed by atoms with Crippen LogP contribution in [0.3, 0.4) is 0 Å². The maximum absolute atomic E-state index is 5.89. The van der Waals surface area contributed by atoms with Crippen molar-refractivity contribution in [3.8, 4) is 11.6 Å². The number of nitrogen functional groups attached to an aromatic ring is 1. The molecule has 0 fully saturated rings. The van der Waals surface area contributed by atoms with Crippen LogP contribution in [0, 0.1) is 0 Å². The van der Waals surface area contributed by atoms with Crippen LogP contribution in [0.2, 0.25) is 0 Å². The molecule has 3 aromatic rings. The minimum absolute atomic E-state index is 0.257. The number of oxime groups is 1. The number of hydrogen-bond acceptors (Lipinski definition) is 7. The van der Waals surface area contributed by atoms with Gasteiger partial charge in [0.2, 0.25) is 5.88 Å². The molecule has 22 heavy (non-hydrogen) atoms. The van der Waals surface area contributed by atoms with Gasteiger partial charge in [-0.05, 0) is 12.1 Å². The summed E-state index contributed by atoms with van der Waals surface area (Å²) in [6.45, 7) is 0. The van der Waals surface area contributed by atoms with E-state index in [9.17, 15) is 0 Å². The van der Waals surface area contributed by atoms with E-state index in [2.05, 4.69) is 24.9 Å². The predicted molar refractivity (Wildman–Crippen MR) is 82.9 cm³/mol. The van der Waals surface area contributed by atoms with Crippen molar-refractivity contribution in [3.63, 3.8) is 0 Å². The van der Waals surface area contributed by atoms with Crippen LogP contribution >= 0.6 is 0 Å². The van der Waals surface area contributed by atoms with Gasteiger partial charge in [-0.1, -0.05) is 17.3 Å². The van der Waals surface area contributed by atoms with E-state index < -0.39 is 0 Å². The average Bonchev–Trinajstić information content (AvgIpc) is 2.55. The Labute approximate surface area is 126 Å². The van der Waals surface area contributed by atoms with E-state index in [1.54, 1.807) is 12.4 Å². The molecule has 1 aromatic carbocycles. The summed E-state index contributed by atoms with van der Waals surface area (Å²) in [5.41, 5.74) is 6.29. The molecule has 0 unspecified atom stereocenters. The van der Waals surface area contributed by atoms with Gasteiger partial charge in [0.15, 0.2) is 0 Å². The Morgan fingerprint density at radius 3 is 3.00 bits per heavy atom. The van der Waals surface area contributed by atoms with E-state index in [1.165, 1.54) is 19.7 Å². The predicted octanol–water partition coefficient (Wildman–Crippen LogP) is 2.38. The molecule has 2 aromatic heterocycles. The number of ether oxygens (including phenoxy) is 1. The van der Waals surface area contributed by atoms with Gasteiger partial charge in [-0.2, -0.15) is 0 Å². The number of anilines is 1. The summed E-state index contributed by atoms with van der Waals surface area (Å²) in [5, 5.41) is 5.58. The summed E-state index contributed by atoms with van der Waals surface area (Å²) in [5.74, 6) is 1.20. The quantitative estimate of drug-likeness (QED) is 0.586. The average molecular weight is 295 g/mol. The van der Waals surface area contributed by atoms with Gasteiger partial charge in [0.25, 0.3) is 0 Å². The highest BCUT2D eigenvalue weighted by atomic mass is 16.6. The van der Waals surface area contributed by atoms with Crippen molar-refractivity contribution < 1.29 is 9.57 Å². The van der Waals surface area contributed by atoms with Crippen molar-refractivity contribution in [3.05, 3.63) is 48.5 Å². The molecule has 2 heterocycles. The van der Waals surface area contributed by atoms with Crippen LogP contribution < -0.4 is 10.5 Å². The van der Waals surface area contributed by atoms with Gasteiger partial charge in [0, 0.05) is 23.2 Å². The third-order valence-electron chi connectivity index (χ3n) is 3.01. The first kappa shape index (κ1) is 13.7. The van der Waals surface area contributed by atoms with Gasteiger partial charge in [-0.25, -0.2) is 9.97 Å². The largest absolute Gasteiger partial charge is 0.437 e. The second-order valence-corrected chi connectivity index (χ2v) is 4.35. The van der Waals surface area contributed by atoms with Crippen LogP contribution in [-0.4, -0.2) is 28.3 Å². The maximum Gasteiger partial charge on any atom is 0.233 e. The number of nitrogens with two attached hydrogens (primary N) is 1. The number of aromatic nitrogens is 3. The van der Waals surface area contributed by atoms with Crippen LogP contribution in [0.1, 0.15) is 5.56 Å². The second kappa shape index (κ2) is 6.04. The van der Waals surface area contributed by atoms with Crippen molar-refractivity contribution in [1.82, 2.24) is 15.0 Å². The molecule has 2 N–H and O–H groups in total. The smallest absolute Gasteiger partial charge is 0.233 e. The fourth-order valence-electron chi connectivity index (χ4n) is 1.99. The van der Waals surface area contributed by atoms with Crippen LogP contribution in [0.25, 0.3) is 10.8 Å². The second-order valence-electron chi connectivity index (χ2n) is 4.35. The van der Waals surface area contributed by atoms with Crippen molar-refractivity contribution in [2.24, 2.45) is 5.16 Å². The molecule has 0 bridgehead atoms. The summed E-state index contributed by atoms with van der Waals surface area (Å²) in [4.78, 5) is 16.8. The molecule has 7 nitrogen and oxygen atoms in total. The lowest BCUT2D eigenvalue weighted by Crippen LogP contribution is -2.02. The van der Waals surface area contributed by atoms with E-state index in [4.69, 9.17) is 10.5 Å². The van der Waals surface area contributed by atoms with Crippen LogP contribution in [-0.2, 0) is 4.84 Å². The molecule has 0 saturated carbocycles. The highest BCUT2D eigenvalue weighted by Gasteiger charge is 2.11. The van der Waals surface area contributed by atoms with Gasteiger partial charge in [0.1, 0.15) is 30.6 Å². The van der Waals surface area contributed by atoms with E-state index in [-0.39, 0.29) is 5.82 Å². The molecule has 0 aliphatic heterocycles. The fourth-order valence-corrected chi connectivity index (χ4v) is 1.99. The van der Waals surface area contributed by atoms with Gasteiger partial charge < -0.3 is 15.3 Å². The Bertz CT molecular complexity index is 830. The van der Waals surface area contributed by atoms with E-state index in [1.807, 2.05) is 24.3 Å². The topological polar surface area (TPSA) is 95.5 Å². The van der Waals surface area contributed by atoms with Gasteiger partial charge >= 0.3 is 0 Å². The molecule has 0 spiro atoms. The molecule has 0 aliphatic carbocycles. The number of pyridine rings is 1. The minimum Gasteiger partial charge on any atom is -0.437 e. The van der Waals surface area contributed by atoms with Gasteiger partial charge in [0.05, 0.1) is 6.21 Å². The number of hydrogen-bond donors (Lipinski definition) is 1. The van der Waals surface area contributed by atoms with Gasteiger partial charge in [-0.15, -0.1) is 0 Å². The highest BCUT2D eigenvalue weighted by molar-refractivity contribution is 5.90. The fraction of sp³-hybridized carbons (Fsp3) is 0.0667. The molecular weight excluding hydrogens is 282 g/mol. The van der Waals surface area contributed by atoms with Crippen molar-refractivity contribution in [2.75, 3.05) is 12.8 Å². The zero-order valence-electron chi connectivity index (χ0n) is 11.8. The number of nitrogens with zero attached hydrogens (tertiary/aromatic N) is 4. The molecule has 3 rings (SSSR count). The Morgan fingerprint density at radius 2 is 2.14 bits per heavy atom. The molecule has 0 saturated heterocycles. The molecule has 0 aliphatic rings. The summed E-state index contributed by atoms with van der Waals surface area (Å²) < 4.78 is 5.89. The lowest BCUT2D eigenvalue weighted by molar-refractivity contribution is 0.215. The molecule has 0 amide bonds. The monoisotopic (exact) mass is 295 g/mol. The molecular formula is C15H13N5O2. The Kier molecular flexibility index (Phi) is 3.78. The number of rotatable bonds is 4. The van der Waals surface area contributed by atoms with Crippen LogP contribution in [0.15, 0.2) is 48.1 Å². The summed E-state index contributed by atoms with van der Waals surface area (Å²) >= 11 is 0. The zero-order valence-corrected chi connectivity index (χ0v) is 11.8. The first-order valence-electron chi connectivity index (χ1n) is 6.47. The highest BCUT2D eigenvalue weighted by Crippen LogP contribution is 2.30. The lowest BCUT2D eigenvalue weighted by atomic mass is 10.1. The normalized spacial score (nSPS) is 11.0. The Hall–Kier alpha value is -3.22. The summed E-state index contributed by atoms with van der Waals surface area (Å²) in [6.07, 6.45) is 6.22. The van der Waals surface area contributed by atoms with Crippen molar-refractivity contribution in [2.45, 2.75) is 0 Å².